The lowest BCUT2D eigenvalue weighted by Gasteiger charge is -2.14. The molecule has 114 valence electrons. The number of imidazole rings is 1. The average molecular weight is 295 g/mol. The predicted octanol–water partition coefficient (Wildman–Crippen LogP) is 4.24. The molecule has 22 heavy (non-hydrogen) atoms. The summed E-state index contributed by atoms with van der Waals surface area (Å²) in [7, 11) is 1.68. The van der Waals surface area contributed by atoms with Gasteiger partial charge in [-0.05, 0) is 43.7 Å². The first-order valence-electron chi connectivity index (χ1n) is 7.53. The lowest BCUT2D eigenvalue weighted by Crippen LogP contribution is -2.09. The molecule has 0 spiro atoms. The van der Waals surface area contributed by atoms with E-state index in [-0.39, 0.29) is 0 Å². The molecule has 0 aliphatic carbocycles. The third kappa shape index (κ3) is 2.77. The van der Waals surface area contributed by atoms with Gasteiger partial charge in [0.2, 0.25) is 5.95 Å². The first-order valence-corrected chi connectivity index (χ1v) is 7.53. The minimum atomic E-state index is 0.353. The van der Waals surface area contributed by atoms with Crippen molar-refractivity contribution in [2.75, 3.05) is 12.4 Å². The van der Waals surface area contributed by atoms with E-state index in [1.165, 1.54) is 5.56 Å². The molecule has 1 aromatic heterocycles. The van der Waals surface area contributed by atoms with E-state index in [2.05, 4.69) is 48.0 Å². The second-order valence-corrected chi connectivity index (χ2v) is 5.59. The van der Waals surface area contributed by atoms with Crippen molar-refractivity contribution in [3.63, 3.8) is 0 Å². The van der Waals surface area contributed by atoms with Gasteiger partial charge in [0.05, 0.1) is 18.1 Å². The standard InChI is InChI=1S/C18H21N3O/c1-13(2)21-17-7-5-4-6-16(17)20-18(21)19-12-14-8-10-15(22-3)11-9-14/h4-11,13H,12H2,1-3H3,(H,19,20). The Balaban J connectivity index is 1.85. The van der Waals surface area contributed by atoms with Crippen molar-refractivity contribution in [3.8, 4) is 5.75 Å². The van der Waals surface area contributed by atoms with Gasteiger partial charge in [-0.2, -0.15) is 0 Å². The summed E-state index contributed by atoms with van der Waals surface area (Å²) in [5.74, 6) is 1.78. The molecule has 2 aromatic carbocycles. The summed E-state index contributed by atoms with van der Waals surface area (Å²) >= 11 is 0. The monoisotopic (exact) mass is 295 g/mol. The van der Waals surface area contributed by atoms with Crippen LogP contribution in [0.25, 0.3) is 11.0 Å². The number of benzene rings is 2. The first kappa shape index (κ1) is 14.4. The van der Waals surface area contributed by atoms with Crippen LogP contribution >= 0.6 is 0 Å². The van der Waals surface area contributed by atoms with Crippen LogP contribution in [0.3, 0.4) is 0 Å². The number of anilines is 1. The van der Waals surface area contributed by atoms with E-state index in [1.54, 1.807) is 7.11 Å². The largest absolute Gasteiger partial charge is 0.497 e. The van der Waals surface area contributed by atoms with E-state index in [4.69, 9.17) is 9.72 Å². The van der Waals surface area contributed by atoms with Gasteiger partial charge in [-0.3, -0.25) is 0 Å². The van der Waals surface area contributed by atoms with Gasteiger partial charge in [0.15, 0.2) is 0 Å². The molecule has 3 aromatic rings. The number of aromatic nitrogens is 2. The summed E-state index contributed by atoms with van der Waals surface area (Å²) in [5.41, 5.74) is 3.38. The van der Waals surface area contributed by atoms with Crippen molar-refractivity contribution in [2.45, 2.75) is 26.4 Å². The Morgan fingerprint density at radius 2 is 1.82 bits per heavy atom. The molecule has 0 aliphatic heterocycles. The molecule has 0 bridgehead atoms. The number of ether oxygens (including phenoxy) is 1. The zero-order chi connectivity index (χ0) is 15.5. The van der Waals surface area contributed by atoms with Crippen LogP contribution in [0.1, 0.15) is 25.5 Å². The van der Waals surface area contributed by atoms with E-state index in [1.807, 2.05) is 24.3 Å². The second kappa shape index (κ2) is 6.10. The second-order valence-electron chi connectivity index (χ2n) is 5.59. The fourth-order valence-electron chi connectivity index (χ4n) is 2.62. The fraction of sp³-hybridized carbons (Fsp3) is 0.278. The summed E-state index contributed by atoms with van der Waals surface area (Å²) in [6.07, 6.45) is 0. The van der Waals surface area contributed by atoms with Gasteiger partial charge in [-0.15, -0.1) is 0 Å². The average Bonchev–Trinajstić information content (AvgIpc) is 2.92. The zero-order valence-corrected chi connectivity index (χ0v) is 13.2. The molecule has 0 radical (unpaired) electrons. The molecule has 0 fully saturated rings. The molecule has 0 saturated heterocycles. The minimum absolute atomic E-state index is 0.353. The number of methoxy groups -OCH3 is 1. The number of hydrogen-bond acceptors (Lipinski definition) is 3. The summed E-state index contributed by atoms with van der Waals surface area (Å²) in [6.45, 7) is 5.08. The van der Waals surface area contributed by atoms with Crippen molar-refractivity contribution in [2.24, 2.45) is 0 Å². The molecule has 0 atom stereocenters. The molecular weight excluding hydrogens is 274 g/mol. The number of rotatable bonds is 5. The van der Waals surface area contributed by atoms with Gasteiger partial charge in [-0.1, -0.05) is 24.3 Å². The Labute approximate surface area is 130 Å². The maximum Gasteiger partial charge on any atom is 0.204 e. The summed E-state index contributed by atoms with van der Waals surface area (Å²) in [5, 5.41) is 3.45. The highest BCUT2D eigenvalue weighted by molar-refractivity contribution is 5.78. The van der Waals surface area contributed by atoms with Gasteiger partial charge in [0.25, 0.3) is 0 Å². The van der Waals surface area contributed by atoms with Crippen LogP contribution in [-0.4, -0.2) is 16.7 Å². The Morgan fingerprint density at radius 3 is 2.50 bits per heavy atom. The summed E-state index contributed by atoms with van der Waals surface area (Å²) in [4.78, 5) is 4.71. The van der Waals surface area contributed by atoms with Gasteiger partial charge < -0.3 is 14.6 Å². The fourth-order valence-corrected chi connectivity index (χ4v) is 2.62. The summed E-state index contributed by atoms with van der Waals surface area (Å²) in [6, 6.07) is 16.7. The van der Waals surface area contributed by atoms with Gasteiger partial charge in [0, 0.05) is 12.6 Å². The molecule has 0 unspecified atom stereocenters. The third-order valence-corrected chi connectivity index (χ3v) is 3.72. The van der Waals surface area contributed by atoms with Crippen LogP contribution in [0.4, 0.5) is 5.95 Å². The minimum Gasteiger partial charge on any atom is -0.497 e. The van der Waals surface area contributed by atoms with Crippen molar-refractivity contribution in [1.29, 1.82) is 0 Å². The topological polar surface area (TPSA) is 39.1 Å². The van der Waals surface area contributed by atoms with Crippen molar-refractivity contribution in [1.82, 2.24) is 9.55 Å². The number of nitrogens with zero attached hydrogens (tertiary/aromatic N) is 2. The predicted molar refractivity (Wildman–Crippen MR) is 90.4 cm³/mol. The maximum absolute atomic E-state index is 5.19. The van der Waals surface area contributed by atoms with Crippen LogP contribution in [0.15, 0.2) is 48.5 Å². The highest BCUT2D eigenvalue weighted by Crippen LogP contribution is 2.24. The third-order valence-electron chi connectivity index (χ3n) is 3.72. The maximum atomic E-state index is 5.19. The van der Waals surface area contributed by atoms with E-state index in [0.29, 0.717) is 6.04 Å². The van der Waals surface area contributed by atoms with Crippen molar-refractivity contribution in [3.05, 3.63) is 54.1 Å². The Bertz CT molecular complexity index is 760. The van der Waals surface area contributed by atoms with Gasteiger partial charge >= 0.3 is 0 Å². The Kier molecular flexibility index (Phi) is 4.00. The highest BCUT2D eigenvalue weighted by atomic mass is 16.5. The van der Waals surface area contributed by atoms with Crippen LogP contribution in [0, 0.1) is 0 Å². The molecule has 0 saturated carbocycles. The smallest absolute Gasteiger partial charge is 0.204 e. The van der Waals surface area contributed by atoms with Crippen LogP contribution in [-0.2, 0) is 6.54 Å². The quantitative estimate of drug-likeness (QED) is 0.765. The normalized spacial score (nSPS) is 11.1. The van der Waals surface area contributed by atoms with E-state index in [9.17, 15) is 0 Å². The molecular formula is C18H21N3O. The summed E-state index contributed by atoms with van der Waals surface area (Å²) < 4.78 is 7.42. The number of nitrogens with one attached hydrogen (secondary N) is 1. The van der Waals surface area contributed by atoms with Crippen molar-refractivity contribution < 1.29 is 4.74 Å². The number of fused-ring (bicyclic) bond motifs is 1. The molecule has 3 rings (SSSR count). The van der Waals surface area contributed by atoms with Crippen LogP contribution < -0.4 is 10.1 Å². The SMILES string of the molecule is COc1ccc(CNc2nc3ccccc3n2C(C)C)cc1. The van der Waals surface area contributed by atoms with Crippen molar-refractivity contribution >= 4 is 17.0 Å². The Morgan fingerprint density at radius 1 is 1.09 bits per heavy atom. The van der Waals surface area contributed by atoms with Crippen LogP contribution in [0.5, 0.6) is 5.75 Å². The molecule has 1 heterocycles. The first-order chi connectivity index (χ1) is 10.7. The molecule has 0 amide bonds. The molecule has 0 aliphatic rings. The van der Waals surface area contributed by atoms with Gasteiger partial charge in [-0.25, -0.2) is 4.98 Å². The number of hydrogen-bond donors (Lipinski definition) is 1. The molecule has 4 heteroatoms. The molecule has 4 nitrogen and oxygen atoms in total. The highest BCUT2D eigenvalue weighted by Gasteiger charge is 2.12. The number of para-hydroxylation sites is 2. The van der Waals surface area contributed by atoms with E-state index >= 15 is 0 Å². The molecule has 1 N–H and O–H groups in total. The zero-order valence-electron chi connectivity index (χ0n) is 13.2. The van der Waals surface area contributed by atoms with Crippen LogP contribution in [0.2, 0.25) is 0 Å². The lowest BCUT2D eigenvalue weighted by atomic mass is 10.2. The van der Waals surface area contributed by atoms with Gasteiger partial charge in [0.1, 0.15) is 5.75 Å². The Hall–Kier alpha value is -2.49. The van der Waals surface area contributed by atoms with E-state index < -0.39 is 0 Å². The lowest BCUT2D eigenvalue weighted by molar-refractivity contribution is 0.414. The van der Waals surface area contributed by atoms with E-state index in [0.717, 1.165) is 29.3 Å².